The molecule has 2 aliphatic rings. The molecule has 0 bridgehead atoms. The van der Waals surface area contributed by atoms with Crippen molar-refractivity contribution < 1.29 is 0 Å². The van der Waals surface area contributed by atoms with Crippen molar-refractivity contribution in [3.05, 3.63) is 142 Å². The highest BCUT2D eigenvalue weighted by molar-refractivity contribution is 7.99. The van der Waals surface area contributed by atoms with Gasteiger partial charge in [0.25, 0.3) is 0 Å². The molecule has 0 fully saturated rings. The zero-order valence-corrected chi connectivity index (χ0v) is 20.2. The van der Waals surface area contributed by atoms with Crippen molar-refractivity contribution in [3.8, 4) is 28.3 Å². The number of rotatable bonds is 1. The molecule has 1 aliphatic carbocycles. The predicted molar refractivity (Wildman–Crippen MR) is 143 cm³/mol. The fraction of sp³-hybridized carbons (Fsp3) is 0.0312. The van der Waals surface area contributed by atoms with Crippen LogP contribution in [0.25, 0.3) is 22.3 Å². The summed E-state index contributed by atoms with van der Waals surface area (Å²) < 4.78 is 0. The van der Waals surface area contributed by atoms with Gasteiger partial charge in [0.2, 0.25) is 0 Å². The second-order valence-electron chi connectivity index (χ2n) is 8.96. The highest BCUT2D eigenvalue weighted by Gasteiger charge is 2.50. The quantitative estimate of drug-likeness (QED) is 0.233. The van der Waals surface area contributed by atoms with E-state index >= 15 is 0 Å². The molecule has 1 spiro atoms. The van der Waals surface area contributed by atoms with Gasteiger partial charge in [-0.05, 0) is 69.3 Å². The Balaban J connectivity index is 1.60. The van der Waals surface area contributed by atoms with E-state index in [-0.39, 0.29) is 0 Å². The van der Waals surface area contributed by atoms with Crippen LogP contribution in [0.5, 0.6) is 0 Å². The minimum absolute atomic E-state index is 0.420. The molecule has 35 heavy (non-hydrogen) atoms. The van der Waals surface area contributed by atoms with Gasteiger partial charge < -0.3 is 0 Å². The molecule has 0 aromatic heterocycles. The maximum Gasteiger partial charge on any atom is 0.0991 e. The molecule has 0 amide bonds. The van der Waals surface area contributed by atoms with Gasteiger partial charge in [0, 0.05) is 20.4 Å². The zero-order valence-electron chi connectivity index (χ0n) is 18.6. The van der Waals surface area contributed by atoms with Gasteiger partial charge in [-0.1, -0.05) is 102 Å². The van der Waals surface area contributed by atoms with Crippen molar-refractivity contribution in [2.45, 2.75) is 15.2 Å². The third kappa shape index (κ3) is 2.77. The van der Waals surface area contributed by atoms with E-state index in [4.69, 9.17) is 11.6 Å². The van der Waals surface area contributed by atoms with Crippen LogP contribution < -0.4 is 0 Å². The lowest BCUT2D eigenvalue weighted by Gasteiger charge is -2.40. The molecule has 164 valence electrons. The van der Waals surface area contributed by atoms with E-state index < -0.39 is 5.41 Å². The standard InChI is InChI=1S/C32H18ClNS/c33-29-18-31-28(17-24(29)21-15-13-20(19-34)14-16-21)32(27-11-5-6-12-30(27)35-31)25-9-3-1-7-22(25)23-8-2-4-10-26(23)32/h1-18H. The van der Waals surface area contributed by atoms with Crippen LogP contribution in [-0.2, 0) is 5.41 Å². The number of fused-ring (bicyclic) bond motifs is 9. The summed E-state index contributed by atoms with van der Waals surface area (Å²) in [6.07, 6.45) is 0. The molecule has 1 aliphatic heterocycles. The molecule has 3 heteroatoms. The summed E-state index contributed by atoms with van der Waals surface area (Å²) in [5.74, 6) is 0. The highest BCUT2D eigenvalue weighted by atomic mass is 35.5. The number of nitrogens with zero attached hydrogens (tertiary/aromatic N) is 1. The molecule has 0 N–H and O–H groups in total. The average Bonchev–Trinajstić information content (AvgIpc) is 3.20. The van der Waals surface area contributed by atoms with Gasteiger partial charge in [-0.25, -0.2) is 0 Å². The minimum atomic E-state index is -0.420. The topological polar surface area (TPSA) is 23.8 Å². The summed E-state index contributed by atoms with van der Waals surface area (Å²) in [6.45, 7) is 0. The number of hydrogen-bond donors (Lipinski definition) is 0. The Morgan fingerprint density at radius 3 is 1.86 bits per heavy atom. The average molecular weight is 484 g/mol. The fourth-order valence-electron chi connectivity index (χ4n) is 5.82. The minimum Gasteiger partial charge on any atom is -0.192 e. The molecular formula is C32H18ClNS. The first-order chi connectivity index (χ1) is 17.2. The van der Waals surface area contributed by atoms with Gasteiger partial charge in [0.1, 0.15) is 0 Å². The van der Waals surface area contributed by atoms with E-state index in [1.54, 1.807) is 11.8 Å². The van der Waals surface area contributed by atoms with E-state index in [2.05, 4.69) is 91.0 Å². The van der Waals surface area contributed by atoms with Crippen LogP contribution in [-0.4, -0.2) is 0 Å². The Morgan fingerprint density at radius 1 is 0.600 bits per heavy atom. The predicted octanol–water partition coefficient (Wildman–Crippen LogP) is 8.71. The summed E-state index contributed by atoms with van der Waals surface area (Å²) >= 11 is 8.70. The second-order valence-corrected chi connectivity index (χ2v) is 10.4. The molecule has 1 nitrogen and oxygen atoms in total. The first kappa shape index (κ1) is 20.6. The van der Waals surface area contributed by atoms with Crippen molar-refractivity contribution in [1.29, 1.82) is 5.26 Å². The van der Waals surface area contributed by atoms with Crippen LogP contribution in [0.3, 0.4) is 0 Å². The lowest BCUT2D eigenvalue weighted by Crippen LogP contribution is -2.32. The molecule has 0 unspecified atom stereocenters. The van der Waals surface area contributed by atoms with Crippen LogP contribution in [0.2, 0.25) is 5.02 Å². The number of nitriles is 1. The Morgan fingerprint density at radius 2 is 1.20 bits per heavy atom. The van der Waals surface area contributed by atoms with Crippen molar-refractivity contribution in [2.75, 3.05) is 0 Å². The van der Waals surface area contributed by atoms with Gasteiger partial charge in [0.15, 0.2) is 0 Å². The van der Waals surface area contributed by atoms with Gasteiger partial charge in [0.05, 0.1) is 17.0 Å². The lowest BCUT2D eigenvalue weighted by molar-refractivity contribution is 0.723. The highest BCUT2D eigenvalue weighted by Crippen LogP contribution is 2.62. The summed E-state index contributed by atoms with van der Waals surface area (Å²) in [5, 5.41) is 9.97. The normalized spacial score (nSPS) is 13.9. The Kier molecular flexibility index (Phi) is 4.48. The van der Waals surface area contributed by atoms with Crippen LogP contribution in [0.1, 0.15) is 27.8 Å². The largest absolute Gasteiger partial charge is 0.192 e. The summed E-state index contributed by atoms with van der Waals surface area (Å²) in [6, 6.07) is 40.6. The number of hydrogen-bond acceptors (Lipinski definition) is 2. The lowest BCUT2D eigenvalue weighted by atomic mass is 9.67. The van der Waals surface area contributed by atoms with Gasteiger partial charge in [-0.3, -0.25) is 0 Å². The SMILES string of the molecule is N#Cc1ccc(-c2cc3c(cc2Cl)Sc2ccccc2C32c3ccccc3-c3ccccc32)cc1. The van der Waals surface area contributed by atoms with Crippen LogP contribution in [0.4, 0.5) is 0 Å². The van der Waals surface area contributed by atoms with Crippen LogP contribution in [0.15, 0.2) is 119 Å². The molecule has 7 rings (SSSR count). The smallest absolute Gasteiger partial charge is 0.0991 e. The van der Waals surface area contributed by atoms with Crippen molar-refractivity contribution in [1.82, 2.24) is 0 Å². The van der Waals surface area contributed by atoms with Crippen LogP contribution in [0, 0.1) is 11.3 Å². The monoisotopic (exact) mass is 483 g/mol. The Bertz CT molecular complexity index is 1650. The molecule has 0 saturated heterocycles. The second kappa shape index (κ2) is 7.62. The molecule has 0 atom stereocenters. The zero-order chi connectivity index (χ0) is 23.6. The molecule has 5 aromatic carbocycles. The summed E-state index contributed by atoms with van der Waals surface area (Å²) in [7, 11) is 0. The molecular weight excluding hydrogens is 466 g/mol. The van der Waals surface area contributed by atoms with E-state index in [9.17, 15) is 5.26 Å². The van der Waals surface area contributed by atoms with E-state index in [1.165, 1.54) is 43.2 Å². The van der Waals surface area contributed by atoms with Gasteiger partial charge in [-0.15, -0.1) is 0 Å². The summed E-state index contributed by atoms with van der Waals surface area (Å²) in [5.41, 5.74) is 9.96. The van der Waals surface area contributed by atoms with Crippen molar-refractivity contribution in [3.63, 3.8) is 0 Å². The third-order valence-electron chi connectivity index (χ3n) is 7.26. The van der Waals surface area contributed by atoms with Crippen LogP contribution >= 0.6 is 23.4 Å². The summed E-state index contributed by atoms with van der Waals surface area (Å²) in [4.78, 5) is 2.44. The van der Waals surface area contributed by atoms with Crippen molar-refractivity contribution in [2.24, 2.45) is 0 Å². The third-order valence-corrected chi connectivity index (χ3v) is 8.71. The maximum absolute atomic E-state index is 9.25. The first-order valence-electron chi connectivity index (χ1n) is 11.5. The fourth-order valence-corrected chi connectivity index (χ4v) is 7.37. The molecule has 5 aromatic rings. The van der Waals surface area contributed by atoms with Crippen molar-refractivity contribution >= 4 is 23.4 Å². The van der Waals surface area contributed by atoms with Gasteiger partial charge in [-0.2, -0.15) is 5.26 Å². The van der Waals surface area contributed by atoms with E-state index in [0.29, 0.717) is 5.56 Å². The Labute approximate surface area is 213 Å². The molecule has 1 heterocycles. The van der Waals surface area contributed by atoms with Gasteiger partial charge >= 0.3 is 0 Å². The van der Waals surface area contributed by atoms with E-state index in [1.807, 2.05) is 24.3 Å². The first-order valence-corrected chi connectivity index (χ1v) is 12.7. The van der Waals surface area contributed by atoms with E-state index in [0.717, 1.165) is 16.1 Å². The maximum atomic E-state index is 9.25. The Hall–Kier alpha value is -3.77. The molecule has 0 saturated carbocycles. The number of benzene rings is 5. The molecule has 0 radical (unpaired) electrons. The number of halogens is 1.